The maximum absolute atomic E-state index is 11.3. The number of carbonyl (C=O) groups excluding carboxylic acids is 1. The molecule has 0 aliphatic carbocycles. The highest BCUT2D eigenvalue weighted by Crippen LogP contribution is 2.26. The van der Waals surface area contributed by atoms with E-state index >= 15 is 0 Å². The molecule has 4 nitrogen and oxygen atoms in total. The van der Waals surface area contributed by atoms with Crippen LogP contribution in [0.2, 0.25) is 0 Å². The van der Waals surface area contributed by atoms with E-state index < -0.39 is 0 Å². The molecule has 0 spiro atoms. The van der Waals surface area contributed by atoms with Crippen LogP contribution in [0.3, 0.4) is 0 Å². The number of aldehydes is 1. The molecule has 0 saturated heterocycles. The van der Waals surface area contributed by atoms with Gasteiger partial charge in [0.1, 0.15) is 5.69 Å². The third-order valence-corrected chi connectivity index (χ3v) is 4.16. The van der Waals surface area contributed by atoms with E-state index in [1.807, 2.05) is 61.7 Å². The van der Waals surface area contributed by atoms with Crippen molar-refractivity contribution >= 4 is 18.0 Å². The Bertz CT molecular complexity index is 809. The number of nitrogens with zero attached hydrogens (tertiary/aromatic N) is 3. The lowest BCUT2D eigenvalue weighted by Crippen LogP contribution is -2.00. The largest absolute Gasteiger partial charge is 0.296 e. The molecule has 1 heterocycles. The molecule has 0 N–H and O–H groups in total. The molecule has 2 aromatic carbocycles. The fourth-order valence-electron chi connectivity index (χ4n) is 2.28. The van der Waals surface area contributed by atoms with E-state index in [2.05, 4.69) is 10.3 Å². The van der Waals surface area contributed by atoms with Crippen molar-refractivity contribution in [3.05, 3.63) is 59.8 Å². The summed E-state index contributed by atoms with van der Waals surface area (Å²) in [7, 11) is 0. The van der Waals surface area contributed by atoms with Gasteiger partial charge in [-0.1, -0.05) is 41.1 Å². The van der Waals surface area contributed by atoms with Gasteiger partial charge in [-0.15, -0.1) is 16.9 Å². The lowest BCUT2D eigenvalue weighted by atomic mass is 10.1. The molecule has 0 aliphatic heterocycles. The summed E-state index contributed by atoms with van der Waals surface area (Å²) >= 11 is 1.66. The highest BCUT2D eigenvalue weighted by atomic mass is 32.2. The summed E-state index contributed by atoms with van der Waals surface area (Å²) in [6.07, 6.45) is 2.77. The van der Waals surface area contributed by atoms with Gasteiger partial charge in [0.05, 0.1) is 5.69 Å². The second kappa shape index (κ2) is 6.15. The van der Waals surface area contributed by atoms with Gasteiger partial charge in [0.2, 0.25) is 0 Å². The molecule has 5 heteroatoms. The molecule has 22 heavy (non-hydrogen) atoms. The van der Waals surface area contributed by atoms with Gasteiger partial charge in [0, 0.05) is 10.5 Å². The first-order valence-corrected chi connectivity index (χ1v) is 8.08. The molecule has 0 aliphatic rings. The molecule has 3 aromatic rings. The summed E-state index contributed by atoms with van der Waals surface area (Å²) in [5, 5.41) is 8.16. The van der Waals surface area contributed by atoms with E-state index in [4.69, 9.17) is 0 Å². The minimum atomic E-state index is 0.346. The molecular formula is C17H15N3OS. The molecular weight excluding hydrogens is 294 g/mol. The van der Waals surface area contributed by atoms with E-state index in [1.165, 1.54) is 5.56 Å². The van der Waals surface area contributed by atoms with Crippen molar-refractivity contribution in [3.63, 3.8) is 0 Å². The van der Waals surface area contributed by atoms with Crippen LogP contribution in [0.4, 0.5) is 0 Å². The minimum absolute atomic E-state index is 0.346. The number of rotatable bonds is 4. The Kier molecular flexibility index (Phi) is 4.06. The van der Waals surface area contributed by atoms with Crippen molar-refractivity contribution in [1.82, 2.24) is 15.0 Å². The summed E-state index contributed by atoms with van der Waals surface area (Å²) in [6, 6.07) is 16.0. The van der Waals surface area contributed by atoms with Gasteiger partial charge >= 0.3 is 0 Å². The molecule has 3 rings (SSSR count). The zero-order chi connectivity index (χ0) is 15.5. The fourth-order valence-corrected chi connectivity index (χ4v) is 2.73. The second-order valence-corrected chi connectivity index (χ2v) is 5.80. The van der Waals surface area contributed by atoms with E-state index in [-0.39, 0.29) is 0 Å². The standard InChI is InChI=1S/C17H15N3OS/c1-12-6-8-13(9-7-12)17-16(11-21)18-19-20(17)14-4-3-5-15(10-14)22-2/h3-11H,1-2H3. The van der Waals surface area contributed by atoms with Crippen molar-refractivity contribution in [1.29, 1.82) is 0 Å². The Hall–Kier alpha value is -2.40. The van der Waals surface area contributed by atoms with Gasteiger partial charge in [0.25, 0.3) is 0 Å². The van der Waals surface area contributed by atoms with Crippen LogP contribution in [0.5, 0.6) is 0 Å². The number of benzene rings is 2. The average molecular weight is 309 g/mol. The molecule has 0 radical (unpaired) electrons. The number of hydrogen-bond acceptors (Lipinski definition) is 4. The number of thioether (sulfide) groups is 1. The van der Waals surface area contributed by atoms with Gasteiger partial charge in [0.15, 0.2) is 12.0 Å². The average Bonchev–Trinajstić information content (AvgIpc) is 2.99. The van der Waals surface area contributed by atoms with Crippen molar-refractivity contribution in [2.45, 2.75) is 11.8 Å². The minimum Gasteiger partial charge on any atom is -0.296 e. The Labute approximate surface area is 133 Å². The topological polar surface area (TPSA) is 47.8 Å². The Balaban J connectivity index is 2.18. The smallest absolute Gasteiger partial charge is 0.172 e. The summed E-state index contributed by atoms with van der Waals surface area (Å²) in [4.78, 5) is 12.5. The summed E-state index contributed by atoms with van der Waals surface area (Å²) in [6.45, 7) is 2.03. The molecule has 0 unspecified atom stereocenters. The van der Waals surface area contributed by atoms with Gasteiger partial charge in [-0.05, 0) is 31.4 Å². The van der Waals surface area contributed by atoms with Gasteiger partial charge < -0.3 is 0 Å². The molecule has 0 amide bonds. The van der Waals surface area contributed by atoms with Crippen LogP contribution in [-0.4, -0.2) is 27.5 Å². The predicted octanol–water partition coefficient (Wildman–Crippen LogP) is 3.78. The monoisotopic (exact) mass is 309 g/mol. The van der Waals surface area contributed by atoms with Crippen LogP contribution in [-0.2, 0) is 0 Å². The number of hydrogen-bond donors (Lipinski definition) is 0. The number of aryl methyl sites for hydroxylation is 1. The first-order chi connectivity index (χ1) is 10.7. The van der Waals surface area contributed by atoms with E-state index in [0.29, 0.717) is 11.4 Å². The van der Waals surface area contributed by atoms with Crippen LogP contribution in [0.15, 0.2) is 53.4 Å². The lowest BCUT2D eigenvalue weighted by molar-refractivity contribution is 0.111. The van der Waals surface area contributed by atoms with Gasteiger partial charge in [-0.25, -0.2) is 4.68 Å². The van der Waals surface area contributed by atoms with E-state index in [1.54, 1.807) is 16.4 Å². The van der Waals surface area contributed by atoms with Crippen LogP contribution in [0, 0.1) is 6.92 Å². The maximum Gasteiger partial charge on any atom is 0.172 e. The van der Waals surface area contributed by atoms with Crippen molar-refractivity contribution in [2.75, 3.05) is 6.26 Å². The van der Waals surface area contributed by atoms with Crippen LogP contribution < -0.4 is 0 Å². The Morgan fingerprint density at radius 3 is 2.59 bits per heavy atom. The lowest BCUT2D eigenvalue weighted by Gasteiger charge is -2.08. The van der Waals surface area contributed by atoms with Crippen molar-refractivity contribution in [2.24, 2.45) is 0 Å². The highest BCUT2D eigenvalue weighted by molar-refractivity contribution is 7.98. The van der Waals surface area contributed by atoms with Crippen molar-refractivity contribution in [3.8, 4) is 16.9 Å². The quantitative estimate of drug-likeness (QED) is 0.543. The van der Waals surface area contributed by atoms with Crippen LogP contribution in [0.1, 0.15) is 16.1 Å². The molecule has 0 saturated carbocycles. The summed E-state index contributed by atoms with van der Waals surface area (Å²) in [5.74, 6) is 0. The molecule has 0 bridgehead atoms. The molecule has 0 atom stereocenters. The fraction of sp³-hybridized carbons (Fsp3) is 0.118. The zero-order valence-corrected chi connectivity index (χ0v) is 13.2. The Morgan fingerprint density at radius 1 is 1.14 bits per heavy atom. The summed E-state index contributed by atoms with van der Waals surface area (Å²) < 4.78 is 1.72. The first kappa shape index (κ1) is 14.5. The van der Waals surface area contributed by atoms with Crippen LogP contribution in [0.25, 0.3) is 16.9 Å². The SMILES string of the molecule is CSc1cccc(-n2nnc(C=O)c2-c2ccc(C)cc2)c1. The van der Waals surface area contributed by atoms with Crippen molar-refractivity contribution < 1.29 is 4.79 Å². The van der Waals surface area contributed by atoms with Crippen LogP contribution >= 0.6 is 11.8 Å². The maximum atomic E-state index is 11.3. The van der Waals surface area contributed by atoms with Gasteiger partial charge in [-0.3, -0.25) is 4.79 Å². The van der Waals surface area contributed by atoms with Gasteiger partial charge in [-0.2, -0.15) is 0 Å². The van der Waals surface area contributed by atoms with E-state index in [0.717, 1.165) is 22.4 Å². The third-order valence-electron chi connectivity index (χ3n) is 3.43. The number of aromatic nitrogens is 3. The molecule has 110 valence electrons. The summed E-state index contributed by atoms with van der Waals surface area (Å²) in [5.41, 5.74) is 4.04. The third kappa shape index (κ3) is 2.67. The zero-order valence-electron chi connectivity index (χ0n) is 12.4. The first-order valence-electron chi connectivity index (χ1n) is 6.85. The second-order valence-electron chi connectivity index (χ2n) is 4.92. The Morgan fingerprint density at radius 2 is 1.91 bits per heavy atom. The van der Waals surface area contributed by atoms with E-state index in [9.17, 15) is 4.79 Å². The highest BCUT2D eigenvalue weighted by Gasteiger charge is 2.15. The predicted molar refractivity (Wildman–Crippen MR) is 88.7 cm³/mol. The molecule has 1 aromatic heterocycles. The molecule has 0 fully saturated rings. The normalized spacial score (nSPS) is 10.6. The number of carbonyl (C=O) groups is 1.